The number of carbonyl (C=O) groups is 2. The molecule has 0 atom stereocenters. The van der Waals surface area contributed by atoms with Gasteiger partial charge in [0, 0.05) is 18.1 Å². The highest BCUT2D eigenvalue weighted by Gasteiger charge is 2.31. The van der Waals surface area contributed by atoms with Crippen LogP contribution in [0.3, 0.4) is 0 Å². The largest absolute Gasteiger partial charge is 0.476 e. The summed E-state index contributed by atoms with van der Waals surface area (Å²) in [5, 5.41) is 0.588. The number of hydrogen-bond donors (Lipinski definition) is 0. The molecule has 39 heavy (non-hydrogen) atoms. The topological polar surface area (TPSA) is 65.1 Å². The van der Waals surface area contributed by atoms with Crippen molar-refractivity contribution >= 4 is 23.7 Å². The number of unbranched alkanes of at least 4 members (excludes halogenated alkanes) is 9. The van der Waals surface area contributed by atoms with Gasteiger partial charge in [0.05, 0.1) is 6.61 Å². The zero-order valence-corrected chi connectivity index (χ0v) is 24.9. The zero-order valence-electron chi connectivity index (χ0n) is 24.2. The van der Waals surface area contributed by atoms with Crippen LogP contribution in [0.1, 0.15) is 97.5 Å². The van der Waals surface area contributed by atoms with Gasteiger partial charge >= 0.3 is 12.1 Å². The molecule has 2 aromatic rings. The van der Waals surface area contributed by atoms with E-state index in [-0.39, 0.29) is 0 Å². The number of rotatable bonds is 18. The molecule has 0 saturated carbocycles. The third-order valence-electron chi connectivity index (χ3n) is 6.50. The van der Waals surface area contributed by atoms with Crippen molar-refractivity contribution in [3.05, 3.63) is 59.1 Å². The summed E-state index contributed by atoms with van der Waals surface area (Å²) < 4.78 is 16.6. The lowest BCUT2D eigenvalue weighted by Crippen LogP contribution is -2.39. The van der Waals surface area contributed by atoms with Crippen LogP contribution >= 0.6 is 11.6 Å². The number of halogens is 1. The average molecular weight is 560 g/mol. The van der Waals surface area contributed by atoms with Gasteiger partial charge in [0.15, 0.2) is 5.60 Å². The Balaban J connectivity index is 1.93. The fraction of sp³-hybridized carbons (Fsp3) is 0.562. The first-order valence-corrected chi connectivity index (χ1v) is 14.8. The lowest BCUT2D eigenvalue weighted by Gasteiger charge is -2.25. The van der Waals surface area contributed by atoms with Crippen molar-refractivity contribution in [2.75, 3.05) is 13.2 Å². The van der Waals surface area contributed by atoms with E-state index < -0.39 is 17.7 Å². The molecule has 0 aliphatic carbocycles. The van der Waals surface area contributed by atoms with Gasteiger partial charge in [0.2, 0.25) is 0 Å². The number of ether oxygens (including phenoxy) is 3. The molecule has 0 bridgehead atoms. The summed E-state index contributed by atoms with van der Waals surface area (Å²) in [6.07, 6.45) is 11.9. The number of amides is 1. The minimum absolute atomic E-state index is 0.297. The van der Waals surface area contributed by atoms with E-state index >= 15 is 0 Å². The van der Waals surface area contributed by atoms with Crippen LogP contribution < -0.4 is 9.47 Å². The number of hydrogen-bond acceptors (Lipinski definition) is 5. The molecular weight excluding hydrogens is 514 g/mol. The highest BCUT2D eigenvalue weighted by molar-refractivity contribution is 6.30. The average Bonchev–Trinajstić information content (AvgIpc) is 2.91. The van der Waals surface area contributed by atoms with Crippen LogP contribution in [0, 0.1) is 0 Å². The molecule has 6 nitrogen and oxygen atoms in total. The predicted octanol–water partition coefficient (Wildman–Crippen LogP) is 8.98. The van der Waals surface area contributed by atoms with Crippen molar-refractivity contribution in [3.8, 4) is 11.5 Å². The quantitative estimate of drug-likeness (QED) is 0.135. The molecule has 0 radical (unpaired) electrons. The second-order valence-electron chi connectivity index (χ2n) is 10.4. The molecule has 0 aliphatic heterocycles. The second-order valence-corrected chi connectivity index (χ2v) is 10.8. The van der Waals surface area contributed by atoms with Crippen molar-refractivity contribution in [1.82, 2.24) is 4.90 Å². The molecule has 216 valence electrons. The lowest BCUT2D eigenvalue weighted by atomic mass is 10.1. The van der Waals surface area contributed by atoms with Gasteiger partial charge in [0.1, 0.15) is 11.5 Å². The Morgan fingerprint density at radius 3 is 1.87 bits per heavy atom. The first kappa shape index (κ1) is 32.5. The Morgan fingerprint density at radius 2 is 1.31 bits per heavy atom. The minimum atomic E-state index is -1.10. The number of nitrogens with zero attached hydrogens (tertiary/aromatic N) is 1. The monoisotopic (exact) mass is 559 g/mol. The van der Waals surface area contributed by atoms with Gasteiger partial charge in [-0.25, -0.2) is 9.59 Å². The second kappa shape index (κ2) is 17.8. The van der Waals surface area contributed by atoms with Crippen LogP contribution in [-0.2, 0) is 16.1 Å². The Morgan fingerprint density at radius 1 is 0.769 bits per heavy atom. The fourth-order valence-electron chi connectivity index (χ4n) is 4.22. The van der Waals surface area contributed by atoms with Gasteiger partial charge in [-0.05, 0) is 69.2 Å². The van der Waals surface area contributed by atoms with Crippen LogP contribution in [0.4, 0.5) is 4.79 Å². The highest BCUT2D eigenvalue weighted by Crippen LogP contribution is 2.22. The van der Waals surface area contributed by atoms with Crippen LogP contribution in [0.15, 0.2) is 48.5 Å². The van der Waals surface area contributed by atoms with Crippen LogP contribution in [0.25, 0.3) is 0 Å². The van der Waals surface area contributed by atoms with Crippen molar-refractivity contribution in [3.63, 3.8) is 0 Å². The fourth-order valence-corrected chi connectivity index (χ4v) is 4.34. The highest BCUT2D eigenvalue weighted by atomic mass is 35.5. The zero-order chi connectivity index (χ0) is 28.5. The maximum atomic E-state index is 13.1. The van der Waals surface area contributed by atoms with E-state index in [0.29, 0.717) is 36.2 Å². The summed E-state index contributed by atoms with van der Waals surface area (Å²) in [6.45, 7) is 8.68. The summed E-state index contributed by atoms with van der Waals surface area (Å²) in [5.74, 6) is 0.603. The van der Waals surface area contributed by atoms with E-state index in [2.05, 4.69) is 6.92 Å². The number of benzene rings is 2. The summed E-state index contributed by atoms with van der Waals surface area (Å²) in [4.78, 5) is 27.0. The molecule has 0 N–H and O–H groups in total. The van der Waals surface area contributed by atoms with Gasteiger partial charge in [-0.2, -0.15) is 0 Å². The lowest BCUT2D eigenvalue weighted by molar-refractivity contribution is -0.158. The van der Waals surface area contributed by atoms with Crippen molar-refractivity contribution in [2.45, 2.75) is 104 Å². The molecule has 0 saturated heterocycles. The maximum absolute atomic E-state index is 13.1. The Hall–Kier alpha value is -2.73. The molecule has 7 heteroatoms. The molecule has 0 fully saturated rings. The van der Waals surface area contributed by atoms with Gasteiger partial charge in [-0.3, -0.25) is 0 Å². The third kappa shape index (κ3) is 12.8. The predicted molar refractivity (Wildman–Crippen MR) is 158 cm³/mol. The molecule has 2 aromatic carbocycles. The smallest absolute Gasteiger partial charge is 0.415 e. The molecule has 0 aliphatic rings. The maximum Gasteiger partial charge on any atom is 0.415 e. The Kier molecular flexibility index (Phi) is 14.8. The van der Waals surface area contributed by atoms with E-state index in [4.69, 9.17) is 25.8 Å². The van der Waals surface area contributed by atoms with Gasteiger partial charge in [-0.15, -0.1) is 0 Å². The molecular formula is C32H46ClNO5. The van der Waals surface area contributed by atoms with Gasteiger partial charge in [0.25, 0.3) is 0 Å². The summed E-state index contributed by atoms with van der Waals surface area (Å²) >= 11 is 5.97. The molecule has 2 rings (SSSR count). The van der Waals surface area contributed by atoms with E-state index in [0.717, 1.165) is 18.4 Å². The first-order valence-electron chi connectivity index (χ1n) is 14.4. The van der Waals surface area contributed by atoms with E-state index in [1.54, 1.807) is 62.1 Å². The number of esters is 1. The van der Waals surface area contributed by atoms with Crippen LogP contribution in [-0.4, -0.2) is 35.7 Å². The summed E-state index contributed by atoms with van der Waals surface area (Å²) in [6, 6.07) is 14.2. The normalized spacial score (nSPS) is 11.2. The summed E-state index contributed by atoms with van der Waals surface area (Å²) in [5.41, 5.74) is -0.155. The SMILES string of the molecule is CCCCCCCCCCCCN(Cc1ccc(OC(C)(C)C(=O)OCC)cc1)C(=O)Oc1ccc(Cl)cc1. The number of carbonyl (C=O) groups excluding carboxylic acids is 2. The van der Waals surface area contributed by atoms with Crippen LogP contribution in [0.2, 0.25) is 5.02 Å². The molecule has 0 spiro atoms. The minimum Gasteiger partial charge on any atom is -0.476 e. The Bertz CT molecular complexity index is 975. The van der Waals surface area contributed by atoms with Crippen molar-refractivity contribution < 1.29 is 23.8 Å². The molecule has 1 amide bonds. The van der Waals surface area contributed by atoms with E-state index in [9.17, 15) is 9.59 Å². The Labute approximate surface area is 240 Å². The van der Waals surface area contributed by atoms with Gasteiger partial charge < -0.3 is 19.1 Å². The van der Waals surface area contributed by atoms with E-state index in [1.807, 2.05) is 12.1 Å². The van der Waals surface area contributed by atoms with Crippen molar-refractivity contribution in [1.29, 1.82) is 0 Å². The molecule has 0 aromatic heterocycles. The molecule has 0 unspecified atom stereocenters. The van der Waals surface area contributed by atoms with Crippen LogP contribution in [0.5, 0.6) is 11.5 Å². The van der Waals surface area contributed by atoms with Gasteiger partial charge in [-0.1, -0.05) is 88.4 Å². The summed E-state index contributed by atoms with van der Waals surface area (Å²) in [7, 11) is 0. The third-order valence-corrected chi connectivity index (χ3v) is 6.75. The van der Waals surface area contributed by atoms with E-state index in [1.165, 1.54) is 51.4 Å². The van der Waals surface area contributed by atoms with Crippen molar-refractivity contribution in [2.24, 2.45) is 0 Å². The molecule has 0 heterocycles. The standard InChI is InChI=1S/C32H46ClNO5/c1-5-7-8-9-10-11-12-13-14-15-24-34(31(36)38-28-22-18-27(33)19-23-28)25-26-16-20-29(21-17-26)39-32(3,4)30(35)37-6-2/h16-23H,5-15,24-25H2,1-4H3. The first-order chi connectivity index (χ1) is 18.7.